The summed E-state index contributed by atoms with van der Waals surface area (Å²) in [5, 5.41) is -3.87. The number of alkyl halides is 7. The molecule has 0 spiro atoms. The molecule has 0 amide bonds. The Morgan fingerprint density at radius 1 is 1.10 bits per heavy atom. The molecule has 0 aromatic rings. The lowest BCUT2D eigenvalue weighted by Gasteiger charge is -2.31. The molecular formula is C14H18F9N2O5S+. The summed E-state index contributed by atoms with van der Waals surface area (Å²) in [4.78, 5) is 5.56. The summed E-state index contributed by atoms with van der Waals surface area (Å²) >= 11 is 0. The topological polar surface area (TPSA) is 92.7 Å². The van der Waals surface area contributed by atoms with Crippen LogP contribution in [-0.2, 0) is 19.6 Å². The number of esters is 1. The molecule has 182 valence electrons. The molecule has 7 nitrogen and oxygen atoms in total. The molecule has 2 rings (SSSR count). The molecule has 4 unspecified atom stereocenters. The first kappa shape index (κ1) is 25.9. The van der Waals surface area contributed by atoms with Crippen LogP contribution in [0.1, 0.15) is 32.1 Å². The van der Waals surface area contributed by atoms with E-state index < -0.39 is 51.1 Å². The number of nitrogens with zero attached hydrogens (tertiary/aromatic N) is 1. The van der Waals surface area contributed by atoms with Crippen molar-refractivity contribution < 1.29 is 67.1 Å². The molecular weight excluding hydrogens is 479 g/mol. The summed E-state index contributed by atoms with van der Waals surface area (Å²) in [5.41, 5.74) is 0. The van der Waals surface area contributed by atoms with Gasteiger partial charge in [0.15, 0.2) is 4.93 Å². The van der Waals surface area contributed by atoms with E-state index >= 15 is 0 Å². The van der Waals surface area contributed by atoms with E-state index in [1.54, 1.807) is 0 Å². The Labute approximate surface area is 169 Å². The van der Waals surface area contributed by atoms with Gasteiger partial charge in [0.25, 0.3) is 0 Å². The molecule has 17 heteroatoms. The summed E-state index contributed by atoms with van der Waals surface area (Å²) in [7, 11) is -7.27. The van der Waals surface area contributed by atoms with E-state index in [0.717, 1.165) is 6.42 Å². The second-order valence-corrected chi connectivity index (χ2v) is 9.02. The van der Waals surface area contributed by atoms with E-state index in [1.807, 2.05) is 0 Å². The molecule has 2 fully saturated rings. The Morgan fingerprint density at radius 3 is 2.16 bits per heavy atom. The van der Waals surface area contributed by atoms with Crippen molar-refractivity contribution in [1.82, 2.24) is 5.32 Å². The first-order valence-electron chi connectivity index (χ1n) is 8.81. The van der Waals surface area contributed by atoms with Crippen molar-refractivity contribution in [3.8, 4) is 0 Å². The van der Waals surface area contributed by atoms with Crippen molar-refractivity contribution in [2.45, 2.75) is 61.9 Å². The number of quaternary nitrogens is 1. The van der Waals surface area contributed by atoms with Gasteiger partial charge in [-0.1, -0.05) is 0 Å². The molecule has 1 aliphatic carbocycles. The van der Waals surface area contributed by atoms with E-state index in [0.29, 0.717) is 19.4 Å². The lowest BCUT2D eigenvalue weighted by atomic mass is 9.80. The Kier molecular flexibility index (Phi) is 6.88. The Balaban J connectivity index is 2.16. The zero-order valence-electron chi connectivity index (χ0n) is 15.4. The molecule has 1 aliphatic heterocycles. The maximum absolute atomic E-state index is 13.8. The molecule has 0 radical (unpaired) electrons. The molecule has 0 aromatic heterocycles. The van der Waals surface area contributed by atoms with Crippen molar-refractivity contribution in [1.29, 1.82) is 0 Å². The van der Waals surface area contributed by atoms with Crippen LogP contribution >= 0.6 is 0 Å². The minimum Gasteiger partial charge on any atom is -0.397 e. The van der Waals surface area contributed by atoms with Crippen LogP contribution in [0.15, 0.2) is 0 Å². The molecule has 1 saturated heterocycles. The summed E-state index contributed by atoms with van der Waals surface area (Å²) in [6.07, 6.45) is -10.7. The molecule has 1 saturated carbocycles. The van der Waals surface area contributed by atoms with Gasteiger partial charge in [-0.2, -0.15) is 30.4 Å². The first-order chi connectivity index (χ1) is 13.8. The van der Waals surface area contributed by atoms with Crippen LogP contribution in [0, 0.1) is 11.8 Å². The van der Waals surface area contributed by atoms with Crippen LogP contribution in [0.4, 0.5) is 39.7 Å². The number of nitrogens with one attached hydrogen (secondary N) is 1. The maximum Gasteiger partial charge on any atom is 0.550 e. The standard InChI is InChI=1S/C14H17F9N2O5S/c15-12(16,17)11(25(22,23)13(18,19)14(20,21)31(27,28)29)30-10(26)2-1-7-3-8-5-9(4-7)24-6-8/h7-9,11,24H,1-6H2/p+1. The summed E-state index contributed by atoms with van der Waals surface area (Å²) in [5.74, 6) is -1.95. The van der Waals surface area contributed by atoms with Gasteiger partial charge in [0.1, 0.15) is 0 Å². The highest BCUT2D eigenvalue weighted by molar-refractivity contribution is 7.86. The van der Waals surface area contributed by atoms with Gasteiger partial charge in [-0.15, -0.1) is 8.78 Å². The van der Waals surface area contributed by atoms with Gasteiger partial charge in [-0.3, -0.25) is 9.35 Å². The average Bonchev–Trinajstić information content (AvgIpc) is 2.93. The van der Waals surface area contributed by atoms with Gasteiger partial charge in [-0.05, 0) is 44.1 Å². The SMILES string of the molecule is O=C(CCC1CC2CNC(C1)C2)OC(C(F)(F)F)[N+](F)(F)C(F)(F)C(F)(F)S(=O)(=O)O. The Morgan fingerprint density at radius 2 is 1.68 bits per heavy atom. The number of halogens is 9. The Hall–Kier alpha value is -1.33. The fourth-order valence-corrected chi connectivity index (χ4v) is 4.20. The summed E-state index contributed by atoms with van der Waals surface area (Å²) < 4.78 is 152. The highest BCUT2D eigenvalue weighted by Crippen LogP contribution is 2.50. The molecule has 0 aromatic carbocycles. The van der Waals surface area contributed by atoms with Crippen molar-refractivity contribution in [2.24, 2.45) is 11.8 Å². The zero-order chi connectivity index (χ0) is 24.0. The van der Waals surface area contributed by atoms with Crippen molar-refractivity contribution in [3.05, 3.63) is 0 Å². The number of carbonyl (C=O) groups excluding carboxylic acids is 1. The third-order valence-corrected chi connectivity index (χ3v) is 6.11. The van der Waals surface area contributed by atoms with E-state index in [2.05, 4.69) is 10.1 Å². The summed E-state index contributed by atoms with van der Waals surface area (Å²) in [6.45, 7) is 0.697. The Bertz CT molecular complexity index is 778. The fourth-order valence-electron chi connectivity index (χ4n) is 3.77. The number of hydrogen-bond donors (Lipinski definition) is 2. The second kappa shape index (κ2) is 8.22. The molecule has 2 bridgehead atoms. The maximum atomic E-state index is 13.8. The van der Waals surface area contributed by atoms with Crippen LogP contribution in [-0.4, -0.2) is 60.2 Å². The molecule has 2 N–H and O–H groups in total. The number of ether oxygens (including phenoxy) is 1. The smallest absolute Gasteiger partial charge is 0.397 e. The van der Waals surface area contributed by atoms with Crippen molar-refractivity contribution >= 4 is 16.1 Å². The first-order valence-corrected chi connectivity index (χ1v) is 10.2. The van der Waals surface area contributed by atoms with Gasteiger partial charge >= 0.3 is 39.8 Å². The van der Waals surface area contributed by atoms with Crippen LogP contribution in [0.25, 0.3) is 0 Å². The van der Waals surface area contributed by atoms with Crippen LogP contribution in [0.2, 0.25) is 0 Å². The monoisotopic (exact) mass is 497 g/mol. The quantitative estimate of drug-likeness (QED) is 0.134. The largest absolute Gasteiger partial charge is 0.550 e. The van der Waals surface area contributed by atoms with Gasteiger partial charge in [-0.25, -0.2) is 0 Å². The van der Waals surface area contributed by atoms with E-state index in [4.69, 9.17) is 4.55 Å². The van der Waals surface area contributed by atoms with Gasteiger partial charge in [0.2, 0.25) is 0 Å². The second-order valence-electron chi connectivity index (χ2n) is 7.56. The minimum absolute atomic E-state index is 0.116. The molecule has 1 heterocycles. The molecule has 4 atom stereocenters. The summed E-state index contributed by atoms with van der Waals surface area (Å²) in [6, 6.07) is -7.22. The molecule has 2 aliphatic rings. The third-order valence-electron chi connectivity index (χ3n) is 5.22. The fraction of sp³-hybridized carbons (Fsp3) is 0.929. The number of hydrogen-bond acceptors (Lipinski definition) is 5. The normalized spacial score (nSPS) is 26.6. The lowest BCUT2D eigenvalue weighted by Crippen LogP contribution is -2.68. The third kappa shape index (κ3) is 5.03. The van der Waals surface area contributed by atoms with Crippen molar-refractivity contribution in [2.75, 3.05) is 6.54 Å². The number of rotatable bonds is 8. The van der Waals surface area contributed by atoms with Crippen molar-refractivity contribution in [3.63, 3.8) is 0 Å². The predicted octanol–water partition coefficient (Wildman–Crippen LogP) is 3.25. The van der Waals surface area contributed by atoms with Gasteiger partial charge in [0, 0.05) is 12.5 Å². The van der Waals surface area contributed by atoms with Crippen LogP contribution in [0.5, 0.6) is 0 Å². The number of fused-ring (bicyclic) bond motifs is 2. The van der Waals surface area contributed by atoms with E-state index in [-0.39, 0.29) is 24.3 Å². The predicted molar refractivity (Wildman–Crippen MR) is 81.7 cm³/mol. The number of carbonyl (C=O) groups is 1. The zero-order valence-corrected chi connectivity index (χ0v) is 16.2. The van der Waals surface area contributed by atoms with Crippen LogP contribution in [0.3, 0.4) is 0 Å². The van der Waals surface area contributed by atoms with Gasteiger partial charge < -0.3 is 10.1 Å². The average molecular weight is 497 g/mol. The van der Waals surface area contributed by atoms with E-state index in [9.17, 15) is 52.9 Å². The van der Waals surface area contributed by atoms with Crippen LogP contribution < -0.4 is 5.32 Å². The van der Waals surface area contributed by atoms with Gasteiger partial charge in [0.05, 0.1) is 8.96 Å². The molecule has 31 heavy (non-hydrogen) atoms. The highest BCUT2D eigenvalue weighted by atomic mass is 32.2. The minimum atomic E-state index is -7.34. The lowest BCUT2D eigenvalue weighted by molar-refractivity contribution is -1.26. The van der Waals surface area contributed by atoms with E-state index in [1.165, 1.54) is 0 Å². The highest BCUT2D eigenvalue weighted by Gasteiger charge is 2.88.